The lowest BCUT2D eigenvalue weighted by Gasteiger charge is -2.27. The zero-order valence-electron chi connectivity index (χ0n) is 14.8. The first-order chi connectivity index (χ1) is 13.1. The van der Waals surface area contributed by atoms with Crippen LogP contribution in [0, 0.1) is 0 Å². The molecule has 1 heterocycles. The summed E-state index contributed by atoms with van der Waals surface area (Å²) >= 11 is 7.46. The quantitative estimate of drug-likeness (QED) is 0.741. The first-order valence-corrected chi connectivity index (χ1v) is 10.1. The van der Waals surface area contributed by atoms with Crippen molar-refractivity contribution in [2.24, 2.45) is 0 Å². The molecule has 1 N–H and O–H groups in total. The van der Waals surface area contributed by atoms with Crippen molar-refractivity contribution in [1.29, 1.82) is 0 Å². The van der Waals surface area contributed by atoms with Crippen molar-refractivity contribution in [1.82, 2.24) is 4.90 Å². The first-order valence-electron chi connectivity index (χ1n) is 8.78. The number of carbonyl (C=O) groups excluding carboxylic acids is 2. The molecular formula is C20H21ClN2O3S. The second-order valence-electron chi connectivity index (χ2n) is 6.05. The number of rotatable bonds is 6. The first kappa shape index (κ1) is 19.7. The Morgan fingerprint density at radius 3 is 2.52 bits per heavy atom. The molecular weight excluding hydrogens is 384 g/mol. The van der Waals surface area contributed by atoms with Gasteiger partial charge in [0.1, 0.15) is 0 Å². The lowest BCUT2D eigenvalue weighted by Crippen LogP contribution is -2.41. The lowest BCUT2D eigenvalue weighted by molar-refractivity contribution is -0.115. The molecule has 142 valence electrons. The average Bonchev–Trinajstić information content (AvgIpc) is 2.70. The smallest absolute Gasteiger partial charge is 0.256 e. The van der Waals surface area contributed by atoms with Crippen molar-refractivity contribution in [3.8, 4) is 0 Å². The second-order valence-corrected chi connectivity index (χ2v) is 7.66. The van der Waals surface area contributed by atoms with E-state index < -0.39 is 0 Å². The number of hydrogen-bond acceptors (Lipinski definition) is 4. The van der Waals surface area contributed by atoms with Crippen molar-refractivity contribution in [2.75, 3.05) is 37.4 Å². The lowest BCUT2D eigenvalue weighted by atomic mass is 10.1. The zero-order valence-corrected chi connectivity index (χ0v) is 16.4. The van der Waals surface area contributed by atoms with Gasteiger partial charge in [-0.05, 0) is 36.4 Å². The van der Waals surface area contributed by atoms with Crippen LogP contribution in [0.4, 0.5) is 5.69 Å². The summed E-state index contributed by atoms with van der Waals surface area (Å²) in [6.45, 7) is 2.22. The number of nitrogens with zero attached hydrogens (tertiary/aromatic N) is 1. The maximum atomic E-state index is 12.7. The Morgan fingerprint density at radius 1 is 1.07 bits per heavy atom. The second kappa shape index (κ2) is 9.78. The van der Waals surface area contributed by atoms with Gasteiger partial charge in [-0.25, -0.2) is 0 Å². The average molecular weight is 405 g/mol. The molecule has 27 heavy (non-hydrogen) atoms. The van der Waals surface area contributed by atoms with Crippen LogP contribution in [0.3, 0.4) is 0 Å². The predicted molar refractivity (Wildman–Crippen MR) is 109 cm³/mol. The van der Waals surface area contributed by atoms with E-state index in [1.54, 1.807) is 34.9 Å². The highest BCUT2D eigenvalue weighted by atomic mass is 35.5. The van der Waals surface area contributed by atoms with E-state index in [1.165, 1.54) is 0 Å². The summed E-state index contributed by atoms with van der Waals surface area (Å²) in [5.74, 6) is 0.455. The van der Waals surface area contributed by atoms with Gasteiger partial charge in [0.15, 0.2) is 0 Å². The zero-order chi connectivity index (χ0) is 19.1. The van der Waals surface area contributed by atoms with Gasteiger partial charge >= 0.3 is 0 Å². The number of thioether (sulfide) groups is 1. The molecule has 2 aromatic carbocycles. The monoisotopic (exact) mass is 404 g/mol. The Morgan fingerprint density at radius 2 is 1.78 bits per heavy atom. The molecule has 0 unspecified atom stereocenters. The Hall–Kier alpha value is -2.02. The number of hydrogen-bond donors (Lipinski definition) is 1. The Balaban J connectivity index is 1.55. The van der Waals surface area contributed by atoms with Crippen molar-refractivity contribution in [2.45, 2.75) is 11.3 Å². The van der Waals surface area contributed by atoms with E-state index in [1.807, 2.05) is 30.3 Å². The van der Waals surface area contributed by atoms with Crippen molar-refractivity contribution >= 4 is 40.9 Å². The van der Waals surface area contributed by atoms with Crippen LogP contribution in [0.5, 0.6) is 0 Å². The van der Waals surface area contributed by atoms with E-state index in [-0.39, 0.29) is 11.8 Å². The highest BCUT2D eigenvalue weighted by molar-refractivity contribution is 7.99. The third-order valence-electron chi connectivity index (χ3n) is 4.14. The molecule has 2 aromatic rings. The summed E-state index contributed by atoms with van der Waals surface area (Å²) < 4.78 is 5.29. The highest BCUT2D eigenvalue weighted by Crippen LogP contribution is 2.22. The van der Waals surface area contributed by atoms with Gasteiger partial charge in [0.2, 0.25) is 5.91 Å². The van der Waals surface area contributed by atoms with Gasteiger partial charge in [0.25, 0.3) is 5.91 Å². The van der Waals surface area contributed by atoms with Crippen LogP contribution in [0.15, 0.2) is 53.4 Å². The molecule has 3 rings (SSSR count). The summed E-state index contributed by atoms with van der Waals surface area (Å²) in [6, 6.07) is 14.7. The molecule has 1 aliphatic heterocycles. The van der Waals surface area contributed by atoms with Crippen LogP contribution in [0.2, 0.25) is 5.02 Å². The molecule has 0 radical (unpaired) electrons. The number of para-hydroxylation sites is 1. The van der Waals surface area contributed by atoms with Crippen molar-refractivity contribution < 1.29 is 14.3 Å². The van der Waals surface area contributed by atoms with E-state index in [2.05, 4.69) is 5.32 Å². The molecule has 1 fully saturated rings. The number of morpholine rings is 1. The fourth-order valence-electron chi connectivity index (χ4n) is 2.72. The number of halogens is 1. The van der Waals surface area contributed by atoms with Gasteiger partial charge < -0.3 is 15.0 Å². The van der Waals surface area contributed by atoms with E-state index >= 15 is 0 Å². The summed E-state index contributed by atoms with van der Waals surface area (Å²) in [4.78, 5) is 27.9. The molecule has 5 nitrogen and oxygen atoms in total. The number of ether oxygens (including phenoxy) is 1. The molecule has 0 bridgehead atoms. The molecule has 1 aliphatic rings. The SMILES string of the molecule is O=C(CCSc1ccc(Cl)cc1)Nc1ccccc1C(=O)N1CCOCC1. The molecule has 0 aliphatic carbocycles. The molecule has 7 heteroatoms. The van der Waals surface area contributed by atoms with Crippen molar-refractivity contribution in [3.63, 3.8) is 0 Å². The highest BCUT2D eigenvalue weighted by Gasteiger charge is 2.21. The Bertz CT molecular complexity index is 792. The van der Waals surface area contributed by atoms with E-state index in [4.69, 9.17) is 16.3 Å². The third kappa shape index (κ3) is 5.73. The van der Waals surface area contributed by atoms with Gasteiger partial charge in [0.05, 0.1) is 24.5 Å². The van der Waals surface area contributed by atoms with Gasteiger partial charge in [0, 0.05) is 35.2 Å². The summed E-state index contributed by atoms with van der Waals surface area (Å²) in [5.41, 5.74) is 1.06. The minimum Gasteiger partial charge on any atom is -0.378 e. The number of amides is 2. The number of benzene rings is 2. The number of nitrogens with one attached hydrogen (secondary N) is 1. The van der Waals surface area contributed by atoms with Gasteiger partial charge in [-0.15, -0.1) is 11.8 Å². The van der Waals surface area contributed by atoms with Crippen LogP contribution in [0.1, 0.15) is 16.8 Å². The summed E-state index contributed by atoms with van der Waals surface area (Å²) in [6.07, 6.45) is 0.355. The van der Waals surface area contributed by atoms with Crippen LogP contribution < -0.4 is 5.32 Å². The predicted octanol–water partition coefficient (Wildman–Crippen LogP) is 3.93. The molecule has 0 saturated carbocycles. The largest absolute Gasteiger partial charge is 0.378 e. The normalized spacial score (nSPS) is 14.0. The van der Waals surface area contributed by atoms with Crippen LogP contribution in [0.25, 0.3) is 0 Å². The molecule has 0 atom stereocenters. The minimum atomic E-state index is -0.112. The number of anilines is 1. The minimum absolute atomic E-state index is 0.0789. The number of carbonyl (C=O) groups is 2. The fraction of sp³-hybridized carbons (Fsp3) is 0.300. The Kier molecular flexibility index (Phi) is 7.15. The topological polar surface area (TPSA) is 58.6 Å². The maximum Gasteiger partial charge on any atom is 0.256 e. The van der Waals surface area contributed by atoms with Crippen LogP contribution >= 0.6 is 23.4 Å². The summed E-state index contributed by atoms with van der Waals surface area (Å²) in [5, 5.41) is 3.57. The van der Waals surface area contributed by atoms with Gasteiger partial charge in [-0.3, -0.25) is 9.59 Å². The van der Waals surface area contributed by atoms with Gasteiger partial charge in [-0.2, -0.15) is 0 Å². The van der Waals surface area contributed by atoms with Crippen LogP contribution in [-0.2, 0) is 9.53 Å². The van der Waals surface area contributed by atoms with E-state index in [0.717, 1.165) is 4.90 Å². The standard InChI is InChI=1S/C20H21ClN2O3S/c21-15-5-7-16(8-6-15)27-14-9-19(24)22-18-4-2-1-3-17(18)20(25)23-10-12-26-13-11-23/h1-8H,9-14H2,(H,22,24). The third-order valence-corrected chi connectivity index (χ3v) is 5.41. The Labute approximate surface area is 168 Å². The molecule has 0 spiro atoms. The molecule has 1 saturated heterocycles. The maximum absolute atomic E-state index is 12.7. The van der Waals surface area contributed by atoms with E-state index in [0.29, 0.717) is 54.8 Å². The van der Waals surface area contributed by atoms with Crippen molar-refractivity contribution in [3.05, 3.63) is 59.1 Å². The van der Waals surface area contributed by atoms with E-state index in [9.17, 15) is 9.59 Å². The molecule has 0 aromatic heterocycles. The molecule has 2 amide bonds. The van der Waals surface area contributed by atoms with Gasteiger partial charge in [-0.1, -0.05) is 23.7 Å². The van der Waals surface area contributed by atoms with Crippen LogP contribution in [-0.4, -0.2) is 48.8 Å². The summed E-state index contributed by atoms with van der Waals surface area (Å²) in [7, 11) is 0. The fourth-order valence-corrected chi connectivity index (χ4v) is 3.70.